The Labute approximate surface area is 93.1 Å². The van der Waals surface area contributed by atoms with Crippen molar-refractivity contribution in [1.29, 1.82) is 0 Å². The minimum Gasteiger partial charge on any atom is -0.373 e. The van der Waals surface area contributed by atoms with E-state index < -0.39 is 0 Å². The van der Waals surface area contributed by atoms with Crippen LogP contribution in [0.4, 0.5) is 0 Å². The van der Waals surface area contributed by atoms with E-state index in [4.69, 9.17) is 17.5 Å². The number of benzene rings is 1. The number of hydrogen-bond acceptors (Lipinski definition) is 3. The summed E-state index contributed by atoms with van der Waals surface area (Å²) in [4.78, 5) is 15.5. The van der Waals surface area contributed by atoms with Crippen LogP contribution in [0.25, 0.3) is 0 Å². The normalized spacial score (nSPS) is 19.5. The molecule has 3 nitrogen and oxygen atoms in total. The van der Waals surface area contributed by atoms with E-state index in [2.05, 4.69) is 4.84 Å². The molecule has 4 heteroatoms. The first kappa shape index (κ1) is 10.5. The van der Waals surface area contributed by atoms with Crippen LogP contribution in [0.2, 0.25) is 5.02 Å². The molecule has 2 N–H and O–H groups in total. The van der Waals surface area contributed by atoms with Crippen molar-refractivity contribution < 1.29 is 9.63 Å². The highest BCUT2D eigenvalue weighted by Crippen LogP contribution is 2.28. The summed E-state index contributed by atoms with van der Waals surface area (Å²) < 4.78 is 0. The maximum atomic E-state index is 11.3. The van der Waals surface area contributed by atoms with Gasteiger partial charge in [-0.3, -0.25) is 4.79 Å². The summed E-state index contributed by atoms with van der Waals surface area (Å²) in [5, 5.41) is 0.744. The molecule has 0 saturated heterocycles. The first-order valence-corrected chi connectivity index (χ1v) is 5.26. The molecule has 1 unspecified atom stereocenters. The van der Waals surface area contributed by atoms with Crippen molar-refractivity contribution in [3.63, 3.8) is 0 Å². The van der Waals surface area contributed by atoms with Crippen LogP contribution in [0.15, 0.2) is 18.2 Å². The van der Waals surface area contributed by atoms with Crippen LogP contribution in [0.5, 0.6) is 0 Å². The number of hydrogen-bond donors (Lipinski definition) is 1. The molecule has 0 heterocycles. The molecule has 0 saturated carbocycles. The van der Waals surface area contributed by atoms with Gasteiger partial charge < -0.3 is 4.84 Å². The predicted octanol–water partition coefficient (Wildman–Crippen LogP) is 1.86. The lowest BCUT2D eigenvalue weighted by molar-refractivity contribution is -0.149. The monoisotopic (exact) mass is 225 g/mol. The van der Waals surface area contributed by atoms with Gasteiger partial charge in [-0.15, -0.1) is 0 Å². The van der Waals surface area contributed by atoms with Crippen LogP contribution in [0.3, 0.4) is 0 Å². The van der Waals surface area contributed by atoms with Crippen molar-refractivity contribution in [2.75, 3.05) is 0 Å². The van der Waals surface area contributed by atoms with Gasteiger partial charge in [0, 0.05) is 5.02 Å². The van der Waals surface area contributed by atoms with E-state index in [0.29, 0.717) is 6.42 Å². The number of carbonyl (C=O) groups excluding carboxylic acids is 1. The van der Waals surface area contributed by atoms with Crippen LogP contribution >= 0.6 is 11.6 Å². The summed E-state index contributed by atoms with van der Waals surface area (Å²) in [6.07, 6.45) is 2.33. The molecule has 1 aromatic carbocycles. The summed E-state index contributed by atoms with van der Waals surface area (Å²) in [6, 6.07) is 5.77. The Kier molecular flexibility index (Phi) is 2.93. The molecule has 1 aliphatic rings. The first-order chi connectivity index (χ1) is 7.20. The van der Waals surface area contributed by atoms with Crippen LogP contribution < -0.4 is 5.90 Å². The van der Waals surface area contributed by atoms with Gasteiger partial charge in [-0.05, 0) is 42.5 Å². The minimum atomic E-state index is -0.324. The summed E-state index contributed by atoms with van der Waals surface area (Å²) in [5.74, 6) is 4.45. The average molecular weight is 226 g/mol. The van der Waals surface area contributed by atoms with E-state index in [1.807, 2.05) is 18.2 Å². The number of halogens is 1. The third-order valence-electron chi connectivity index (χ3n) is 2.85. The highest BCUT2D eigenvalue weighted by molar-refractivity contribution is 6.30. The fourth-order valence-electron chi connectivity index (χ4n) is 2.02. The maximum Gasteiger partial charge on any atom is 0.327 e. The largest absolute Gasteiger partial charge is 0.373 e. The SMILES string of the molecule is NOC(=O)C1CCc2cc(Cl)ccc2C1. The van der Waals surface area contributed by atoms with Gasteiger partial charge >= 0.3 is 5.97 Å². The Balaban J connectivity index is 2.20. The van der Waals surface area contributed by atoms with E-state index in [1.165, 1.54) is 11.1 Å². The smallest absolute Gasteiger partial charge is 0.327 e. The molecule has 0 fully saturated rings. The highest BCUT2D eigenvalue weighted by Gasteiger charge is 2.25. The second kappa shape index (κ2) is 4.21. The summed E-state index contributed by atoms with van der Waals surface area (Å²) in [6.45, 7) is 0. The van der Waals surface area contributed by atoms with Gasteiger partial charge in [0.25, 0.3) is 0 Å². The molecule has 0 aromatic heterocycles. The maximum absolute atomic E-state index is 11.3. The van der Waals surface area contributed by atoms with E-state index in [-0.39, 0.29) is 11.9 Å². The molecule has 0 radical (unpaired) electrons. The Hall–Kier alpha value is -1.06. The van der Waals surface area contributed by atoms with Crippen molar-refractivity contribution >= 4 is 17.6 Å². The van der Waals surface area contributed by atoms with E-state index >= 15 is 0 Å². The number of carbonyl (C=O) groups is 1. The third-order valence-corrected chi connectivity index (χ3v) is 3.08. The summed E-state index contributed by atoms with van der Waals surface area (Å²) in [7, 11) is 0. The molecule has 80 valence electrons. The van der Waals surface area contributed by atoms with Crippen molar-refractivity contribution in [1.82, 2.24) is 0 Å². The van der Waals surface area contributed by atoms with Gasteiger partial charge in [0.2, 0.25) is 0 Å². The minimum absolute atomic E-state index is 0.108. The van der Waals surface area contributed by atoms with Gasteiger partial charge in [0.05, 0.1) is 5.92 Å². The van der Waals surface area contributed by atoms with Crippen molar-refractivity contribution in [3.8, 4) is 0 Å². The zero-order valence-electron chi connectivity index (χ0n) is 8.20. The number of rotatable bonds is 1. The lowest BCUT2D eigenvalue weighted by Crippen LogP contribution is -2.26. The number of nitrogens with two attached hydrogens (primary N) is 1. The first-order valence-electron chi connectivity index (χ1n) is 4.88. The third kappa shape index (κ3) is 2.13. The molecule has 1 aliphatic carbocycles. The zero-order chi connectivity index (χ0) is 10.8. The van der Waals surface area contributed by atoms with Crippen LogP contribution in [0, 0.1) is 5.92 Å². The molecule has 1 atom stereocenters. The summed E-state index contributed by atoms with van der Waals surface area (Å²) in [5.41, 5.74) is 2.39. The van der Waals surface area contributed by atoms with E-state index in [1.54, 1.807) is 0 Å². The Morgan fingerprint density at radius 2 is 2.27 bits per heavy atom. The summed E-state index contributed by atoms with van der Waals surface area (Å²) >= 11 is 5.89. The van der Waals surface area contributed by atoms with Gasteiger partial charge in [0.1, 0.15) is 0 Å². The lowest BCUT2D eigenvalue weighted by atomic mass is 9.84. The molecular weight excluding hydrogens is 214 g/mol. The Morgan fingerprint density at radius 1 is 1.47 bits per heavy atom. The molecule has 0 amide bonds. The fourth-order valence-corrected chi connectivity index (χ4v) is 2.22. The second-order valence-electron chi connectivity index (χ2n) is 3.79. The van der Waals surface area contributed by atoms with Crippen molar-refractivity contribution in [3.05, 3.63) is 34.3 Å². The lowest BCUT2D eigenvalue weighted by Gasteiger charge is -2.22. The Bertz CT molecular complexity index is 392. The highest BCUT2D eigenvalue weighted by atomic mass is 35.5. The van der Waals surface area contributed by atoms with Gasteiger partial charge in [-0.1, -0.05) is 17.7 Å². The van der Waals surface area contributed by atoms with Gasteiger partial charge in [-0.2, -0.15) is 5.90 Å². The van der Waals surface area contributed by atoms with Gasteiger partial charge in [0.15, 0.2) is 0 Å². The second-order valence-corrected chi connectivity index (χ2v) is 4.23. The molecule has 15 heavy (non-hydrogen) atoms. The molecule has 0 bridgehead atoms. The standard InChI is InChI=1S/C11H12ClNO2/c12-10-4-3-7-5-9(11(14)15-13)2-1-8(7)6-10/h3-4,6,9H,1-2,5,13H2. The van der Waals surface area contributed by atoms with Crippen LogP contribution in [-0.4, -0.2) is 5.97 Å². The quantitative estimate of drug-likeness (QED) is 0.743. The van der Waals surface area contributed by atoms with Crippen molar-refractivity contribution in [2.45, 2.75) is 19.3 Å². The van der Waals surface area contributed by atoms with Crippen LogP contribution in [0.1, 0.15) is 17.5 Å². The Morgan fingerprint density at radius 3 is 3.00 bits per heavy atom. The van der Waals surface area contributed by atoms with E-state index in [0.717, 1.165) is 17.9 Å². The molecule has 0 spiro atoms. The topological polar surface area (TPSA) is 52.3 Å². The number of aryl methyl sites for hydroxylation is 1. The van der Waals surface area contributed by atoms with Crippen molar-refractivity contribution in [2.24, 2.45) is 11.8 Å². The molecular formula is C11H12ClNO2. The molecule has 1 aromatic rings. The van der Waals surface area contributed by atoms with Crippen LogP contribution in [-0.2, 0) is 22.5 Å². The number of fused-ring (bicyclic) bond motifs is 1. The predicted molar refractivity (Wildman–Crippen MR) is 57.2 cm³/mol. The van der Waals surface area contributed by atoms with Gasteiger partial charge in [-0.25, -0.2) is 0 Å². The molecule has 0 aliphatic heterocycles. The zero-order valence-corrected chi connectivity index (χ0v) is 8.96. The average Bonchev–Trinajstić information content (AvgIpc) is 2.27. The molecule has 2 rings (SSSR count). The fraction of sp³-hybridized carbons (Fsp3) is 0.364. The van der Waals surface area contributed by atoms with E-state index in [9.17, 15) is 4.79 Å².